The smallest absolute Gasteiger partial charge is 0.0241 e. The molecule has 0 aromatic rings. The Balaban J connectivity index is 2.62. The lowest BCUT2D eigenvalue weighted by Crippen LogP contribution is -2.30. The maximum absolute atomic E-state index is 3.55. The van der Waals surface area contributed by atoms with Crippen LogP contribution >= 0.6 is 15.9 Å². The molecule has 0 amide bonds. The first-order chi connectivity index (χ1) is 5.13. The topological polar surface area (TPSA) is 3.24 Å². The van der Waals surface area contributed by atoms with Gasteiger partial charge in [0.1, 0.15) is 0 Å². The standard InChI is InChI=1S/C9H14BrN/c1-7(11(2)3)8-5-4-6-9(8)10/h4-8H,1-3H3/t7-,8+/m1/s1. The minimum atomic E-state index is 0.546. The van der Waals surface area contributed by atoms with E-state index in [9.17, 15) is 0 Å². The molecule has 1 rings (SSSR count). The Morgan fingerprint density at radius 1 is 1.55 bits per heavy atom. The van der Waals surface area contributed by atoms with Gasteiger partial charge in [-0.2, -0.15) is 0 Å². The van der Waals surface area contributed by atoms with Gasteiger partial charge < -0.3 is 4.90 Å². The molecule has 1 aliphatic rings. The fourth-order valence-corrected chi connectivity index (χ4v) is 1.87. The number of hydrogen-bond acceptors (Lipinski definition) is 1. The second kappa shape index (κ2) is 3.55. The summed E-state index contributed by atoms with van der Waals surface area (Å²) < 4.78 is 1.29. The lowest BCUT2D eigenvalue weighted by molar-refractivity contribution is 0.281. The Labute approximate surface area is 76.9 Å². The Morgan fingerprint density at radius 2 is 2.18 bits per heavy atom. The number of allylic oxidation sites excluding steroid dienone is 2. The van der Waals surface area contributed by atoms with Crippen LogP contribution < -0.4 is 0 Å². The number of rotatable bonds is 2. The van der Waals surface area contributed by atoms with E-state index in [-0.39, 0.29) is 0 Å². The van der Waals surface area contributed by atoms with E-state index < -0.39 is 0 Å². The zero-order valence-electron chi connectivity index (χ0n) is 7.21. The van der Waals surface area contributed by atoms with Crippen LogP contribution in [0.25, 0.3) is 0 Å². The Kier molecular flexibility index (Phi) is 2.90. The molecule has 0 fully saturated rings. The van der Waals surface area contributed by atoms with Crippen LogP contribution in [0.1, 0.15) is 6.92 Å². The molecule has 0 heterocycles. The summed E-state index contributed by atoms with van der Waals surface area (Å²) in [4.78, 5) is 2.23. The van der Waals surface area contributed by atoms with Crippen molar-refractivity contribution in [2.45, 2.75) is 13.0 Å². The highest BCUT2D eigenvalue weighted by Crippen LogP contribution is 2.28. The van der Waals surface area contributed by atoms with Gasteiger partial charge in [-0.25, -0.2) is 0 Å². The molecule has 0 radical (unpaired) electrons. The summed E-state index contributed by atoms with van der Waals surface area (Å²) in [7, 11) is 4.22. The number of nitrogens with zero attached hydrogens (tertiary/aromatic N) is 1. The van der Waals surface area contributed by atoms with Gasteiger partial charge in [0.2, 0.25) is 0 Å². The minimum absolute atomic E-state index is 0.546. The molecular weight excluding hydrogens is 202 g/mol. The fourth-order valence-electron chi connectivity index (χ4n) is 1.18. The largest absolute Gasteiger partial charge is 0.306 e. The normalized spacial score (nSPS) is 25.9. The molecular formula is C9H14BrN. The van der Waals surface area contributed by atoms with Crippen molar-refractivity contribution in [3.63, 3.8) is 0 Å². The van der Waals surface area contributed by atoms with Crippen LogP contribution in [0, 0.1) is 5.92 Å². The van der Waals surface area contributed by atoms with Crippen LogP contribution in [-0.4, -0.2) is 25.0 Å². The Bertz CT molecular complexity index is 194. The van der Waals surface area contributed by atoms with Crippen molar-refractivity contribution in [2.24, 2.45) is 5.92 Å². The predicted octanol–water partition coefficient (Wildman–Crippen LogP) is 2.40. The average Bonchev–Trinajstić information content (AvgIpc) is 2.33. The molecule has 1 nitrogen and oxygen atoms in total. The van der Waals surface area contributed by atoms with Gasteiger partial charge in [0.15, 0.2) is 0 Å². The van der Waals surface area contributed by atoms with Gasteiger partial charge in [0.25, 0.3) is 0 Å². The molecule has 2 atom stereocenters. The maximum atomic E-state index is 3.55. The zero-order valence-corrected chi connectivity index (χ0v) is 8.80. The molecule has 11 heavy (non-hydrogen) atoms. The van der Waals surface area contributed by atoms with E-state index in [4.69, 9.17) is 0 Å². The van der Waals surface area contributed by atoms with Gasteiger partial charge in [-0.1, -0.05) is 34.2 Å². The van der Waals surface area contributed by atoms with Gasteiger partial charge >= 0.3 is 0 Å². The van der Waals surface area contributed by atoms with E-state index in [1.807, 2.05) is 0 Å². The second-order valence-electron chi connectivity index (χ2n) is 3.17. The van der Waals surface area contributed by atoms with Gasteiger partial charge in [0.05, 0.1) is 0 Å². The second-order valence-corrected chi connectivity index (χ2v) is 4.08. The highest BCUT2D eigenvalue weighted by Gasteiger charge is 2.20. The molecule has 0 N–H and O–H groups in total. The molecule has 0 spiro atoms. The maximum Gasteiger partial charge on any atom is 0.0241 e. The predicted molar refractivity (Wildman–Crippen MR) is 52.8 cm³/mol. The summed E-state index contributed by atoms with van der Waals surface area (Å²) in [5.41, 5.74) is 0. The molecule has 0 saturated carbocycles. The minimum Gasteiger partial charge on any atom is -0.306 e. The summed E-state index contributed by atoms with van der Waals surface area (Å²) in [6.45, 7) is 2.23. The van der Waals surface area contributed by atoms with Crippen molar-refractivity contribution in [3.05, 3.63) is 22.7 Å². The summed E-state index contributed by atoms with van der Waals surface area (Å²) in [6.07, 6.45) is 6.45. The Morgan fingerprint density at radius 3 is 2.55 bits per heavy atom. The summed E-state index contributed by atoms with van der Waals surface area (Å²) in [5, 5.41) is 0. The van der Waals surface area contributed by atoms with Gasteiger partial charge in [0, 0.05) is 16.4 Å². The summed E-state index contributed by atoms with van der Waals surface area (Å²) in [6, 6.07) is 0.569. The van der Waals surface area contributed by atoms with Crippen LogP contribution in [0.2, 0.25) is 0 Å². The quantitative estimate of drug-likeness (QED) is 0.685. The lowest BCUT2D eigenvalue weighted by atomic mass is 10.0. The molecule has 0 aromatic heterocycles. The average molecular weight is 216 g/mol. The van der Waals surface area contributed by atoms with Crippen LogP contribution in [0.15, 0.2) is 22.7 Å². The summed E-state index contributed by atoms with van der Waals surface area (Å²) >= 11 is 3.55. The first-order valence-corrected chi connectivity index (χ1v) is 4.62. The van der Waals surface area contributed by atoms with Gasteiger partial charge in [-0.05, 0) is 21.0 Å². The molecule has 0 aromatic carbocycles. The molecule has 2 heteroatoms. The fraction of sp³-hybridized carbons (Fsp3) is 0.556. The first kappa shape index (κ1) is 9.01. The highest BCUT2D eigenvalue weighted by molar-refractivity contribution is 9.11. The van der Waals surface area contributed by atoms with Gasteiger partial charge in [-0.3, -0.25) is 0 Å². The third-order valence-corrected chi connectivity index (χ3v) is 3.02. The molecule has 1 aliphatic carbocycles. The molecule has 0 unspecified atom stereocenters. The number of hydrogen-bond donors (Lipinski definition) is 0. The van der Waals surface area contributed by atoms with Crippen molar-refractivity contribution >= 4 is 15.9 Å². The van der Waals surface area contributed by atoms with Crippen molar-refractivity contribution in [2.75, 3.05) is 14.1 Å². The molecule has 62 valence electrons. The zero-order chi connectivity index (χ0) is 8.43. The van der Waals surface area contributed by atoms with Crippen molar-refractivity contribution in [3.8, 4) is 0 Å². The van der Waals surface area contributed by atoms with E-state index in [0.29, 0.717) is 12.0 Å². The van der Waals surface area contributed by atoms with Crippen LogP contribution in [0.3, 0.4) is 0 Å². The van der Waals surface area contributed by atoms with Crippen molar-refractivity contribution < 1.29 is 0 Å². The van der Waals surface area contributed by atoms with Crippen LogP contribution in [-0.2, 0) is 0 Å². The van der Waals surface area contributed by atoms with E-state index in [1.165, 1.54) is 4.48 Å². The SMILES string of the molecule is C[C@H]([C@@H]1C=CC=C1Br)N(C)C. The third-order valence-electron chi connectivity index (χ3n) is 2.23. The lowest BCUT2D eigenvalue weighted by Gasteiger charge is -2.25. The molecule has 0 saturated heterocycles. The molecule has 0 bridgehead atoms. The van der Waals surface area contributed by atoms with Crippen molar-refractivity contribution in [1.29, 1.82) is 0 Å². The van der Waals surface area contributed by atoms with E-state index >= 15 is 0 Å². The molecule has 0 aliphatic heterocycles. The van der Waals surface area contributed by atoms with E-state index in [0.717, 1.165) is 0 Å². The van der Waals surface area contributed by atoms with Crippen molar-refractivity contribution in [1.82, 2.24) is 4.90 Å². The first-order valence-electron chi connectivity index (χ1n) is 3.83. The summed E-state index contributed by atoms with van der Waals surface area (Å²) in [5.74, 6) is 0.546. The number of halogens is 1. The Hall–Kier alpha value is -0.0800. The highest BCUT2D eigenvalue weighted by atomic mass is 79.9. The van der Waals surface area contributed by atoms with E-state index in [1.54, 1.807) is 0 Å². The van der Waals surface area contributed by atoms with E-state index in [2.05, 4.69) is 60.1 Å². The van der Waals surface area contributed by atoms with Crippen LogP contribution in [0.5, 0.6) is 0 Å². The van der Waals surface area contributed by atoms with Crippen LogP contribution in [0.4, 0.5) is 0 Å². The van der Waals surface area contributed by atoms with Gasteiger partial charge in [-0.15, -0.1) is 0 Å². The monoisotopic (exact) mass is 215 g/mol. The third kappa shape index (κ3) is 1.94.